The van der Waals surface area contributed by atoms with Crippen molar-refractivity contribution in [2.75, 3.05) is 25.0 Å². The van der Waals surface area contributed by atoms with E-state index < -0.39 is 10.0 Å². The van der Waals surface area contributed by atoms with Gasteiger partial charge in [-0.3, -0.25) is 4.79 Å². The number of anilines is 1. The molecule has 122 valence electrons. The lowest BCUT2D eigenvalue weighted by Crippen LogP contribution is -2.35. The minimum absolute atomic E-state index is 0.182. The van der Waals surface area contributed by atoms with Gasteiger partial charge in [-0.1, -0.05) is 6.42 Å². The first kappa shape index (κ1) is 16.8. The molecule has 0 atom stereocenters. The number of sulfonamides is 1. The van der Waals surface area contributed by atoms with Gasteiger partial charge in [-0.25, -0.2) is 8.42 Å². The third-order valence-corrected chi connectivity index (χ3v) is 5.41. The minimum Gasteiger partial charge on any atom is -0.492 e. The van der Waals surface area contributed by atoms with E-state index in [1.807, 2.05) is 6.92 Å². The summed E-state index contributed by atoms with van der Waals surface area (Å²) >= 11 is 0. The number of hydrogen-bond acceptors (Lipinski definition) is 4. The van der Waals surface area contributed by atoms with Crippen LogP contribution in [0.2, 0.25) is 0 Å². The van der Waals surface area contributed by atoms with Gasteiger partial charge in [0, 0.05) is 20.0 Å². The number of piperidine rings is 1. The SMILES string of the molecule is CCOc1ccc(S(=O)(=O)N2CCCCC2)cc1NC(C)=O. The summed E-state index contributed by atoms with van der Waals surface area (Å²) in [5.41, 5.74) is 0.382. The van der Waals surface area contributed by atoms with Gasteiger partial charge in [0.2, 0.25) is 15.9 Å². The number of nitrogens with one attached hydrogen (secondary N) is 1. The van der Waals surface area contributed by atoms with Crippen LogP contribution in [0.4, 0.5) is 5.69 Å². The molecule has 0 spiro atoms. The predicted molar refractivity (Wildman–Crippen MR) is 84.5 cm³/mol. The largest absolute Gasteiger partial charge is 0.492 e. The van der Waals surface area contributed by atoms with Crippen LogP contribution in [-0.2, 0) is 14.8 Å². The zero-order valence-corrected chi connectivity index (χ0v) is 13.8. The number of hydrogen-bond donors (Lipinski definition) is 1. The number of ether oxygens (including phenoxy) is 1. The number of carbonyl (C=O) groups excluding carboxylic acids is 1. The molecule has 22 heavy (non-hydrogen) atoms. The van der Waals surface area contributed by atoms with Crippen LogP contribution in [0.3, 0.4) is 0 Å². The molecular weight excluding hydrogens is 304 g/mol. The van der Waals surface area contributed by atoms with Crippen molar-refractivity contribution in [3.63, 3.8) is 0 Å². The molecule has 6 nitrogen and oxygen atoms in total. The van der Waals surface area contributed by atoms with E-state index in [0.29, 0.717) is 31.1 Å². The Morgan fingerprint density at radius 3 is 2.55 bits per heavy atom. The molecule has 1 fully saturated rings. The molecule has 1 N–H and O–H groups in total. The maximum atomic E-state index is 12.7. The van der Waals surface area contributed by atoms with E-state index in [1.54, 1.807) is 6.07 Å². The van der Waals surface area contributed by atoms with Crippen molar-refractivity contribution >= 4 is 21.6 Å². The summed E-state index contributed by atoms with van der Waals surface area (Å²) in [5, 5.41) is 2.63. The molecule has 0 saturated carbocycles. The second-order valence-electron chi connectivity index (χ2n) is 5.24. The summed E-state index contributed by atoms with van der Waals surface area (Å²) in [6, 6.07) is 4.59. The lowest BCUT2D eigenvalue weighted by atomic mass is 10.2. The fourth-order valence-corrected chi connectivity index (χ4v) is 4.04. The van der Waals surface area contributed by atoms with Crippen LogP contribution in [0.15, 0.2) is 23.1 Å². The molecule has 2 rings (SSSR count). The molecule has 1 aromatic rings. The van der Waals surface area contributed by atoms with Crippen LogP contribution < -0.4 is 10.1 Å². The molecule has 7 heteroatoms. The van der Waals surface area contributed by atoms with Crippen LogP contribution in [0.5, 0.6) is 5.75 Å². The Bertz CT molecular complexity index is 637. The molecule has 0 unspecified atom stereocenters. The molecule has 0 aromatic heterocycles. The highest BCUT2D eigenvalue weighted by Gasteiger charge is 2.26. The molecule has 1 saturated heterocycles. The van der Waals surface area contributed by atoms with E-state index in [9.17, 15) is 13.2 Å². The molecule has 1 aromatic carbocycles. The van der Waals surface area contributed by atoms with Gasteiger partial charge in [0.25, 0.3) is 0 Å². The average Bonchev–Trinajstić information content (AvgIpc) is 2.49. The molecule has 0 radical (unpaired) electrons. The quantitative estimate of drug-likeness (QED) is 0.900. The van der Waals surface area contributed by atoms with Crippen molar-refractivity contribution in [3.05, 3.63) is 18.2 Å². The zero-order chi connectivity index (χ0) is 16.2. The van der Waals surface area contributed by atoms with E-state index in [0.717, 1.165) is 19.3 Å². The molecule has 1 aliphatic rings. The fraction of sp³-hybridized carbons (Fsp3) is 0.533. The molecule has 0 bridgehead atoms. The average molecular weight is 326 g/mol. The highest BCUT2D eigenvalue weighted by Crippen LogP contribution is 2.30. The number of rotatable bonds is 5. The highest BCUT2D eigenvalue weighted by molar-refractivity contribution is 7.89. The van der Waals surface area contributed by atoms with Crippen LogP contribution >= 0.6 is 0 Å². The number of nitrogens with zero attached hydrogens (tertiary/aromatic N) is 1. The van der Waals surface area contributed by atoms with Gasteiger partial charge in [0.1, 0.15) is 5.75 Å². The van der Waals surface area contributed by atoms with Gasteiger partial charge in [-0.15, -0.1) is 0 Å². The summed E-state index contributed by atoms with van der Waals surface area (Å²) in [7, 11) is -3.53. The van der Waals surface area contributed by atoms with Gasteiger partial charge in [0.05, 0.1) is 17.2 Å². The summed E-state index contributed by atoms with van der Waals surface area (Å²) in [5.74, 6) is 0.198. The van der Waals surface area contributed by atoms with Crippen LogP contribution in [0, 0.1) is 0 Å². The topological polar surface area (TPSA) is 75.7 Å². The second kappa shape index (κ2) is 7.11. The first-order chi connectivity index (χ1) is 10.4. The van der Waals surface area contributed by atoms with Gasteiger partial charge in [-0.05, 0) is 38.0 Å². The smallest absolute Gasteiger partial charge is 0.243 e. The van der Waals surface area contributed by atoms with Crippen molar-refractivity contribution < 1.29 is 17.9 Å². The number of benzene rings is 1. The second-order valence-corrected chi connectivity index (χ2v) is 7.17. The molecule has 0 aliphatic carbocycles. The Morgan fingerprint density at radius 2 is 1.95 bits per heavy atom. The van der Waals surface area contributed by atoms with Gasteiger partial charge in [-0.2, -0.15) is 4.31 Å². The van der Waals surface area contributed by atoms with Crippen LogP contribution in [0.25, 0.3) is 0 Å². The maximum absolute atomic E-state index is 12.7. The molecule has 1 heterocycles. The van der Waals surface area contributed by atoms with Crippen LogP contribution in [0.1, 0.15) is 33.1 Å². The Morgan fingerprint density at radius 1 is 1.27 bits per heavy atom. The van der Waals surface area contributed by atoms with E-state index in [1.165, 1.54) is 23.4 Å². The predicted octanol–water partition coefficient (Wildman–Crippen LogP) is 2.22. The van der Waals surface area contributed by atoms with Crippen LogP contribution in [-0.4, -0.2) is 38.3 Å². The van der Waals surface area contributed by atoms with E-state index in [-0.39, 0.29) is 10.8 Å². The molecular formula is C15H22N2O4S. The molecule has 1 aliphatic heterocycles. The van der Waals surface area contributed by atoms with E-state index >= 15 is 0 Å². The third-order valence-electron chi connectivity index (χ3n) is 3.51. The third kappa shape index (κ3) is 3.78. The Hall–Kier alpha value is -1.60. The van der Waals surface area contributed by atoms with Crippen molar-refractivity contribution in [1.82, 2.24) is 4.31 Å². The minimum atomic E-state index is -3.53. The zero-order valence-electron chi connectivity index (χ0n) is 13.0. The fourth-order valence-electron chi connectivity index (χ4n) is 2.49. The standard InChI is InChI=1S/C15H22N2O4S/c1-3-21-15-8-7-13(11-14(15)16-12(2)18)22(19,20)17-9-5-4-6-10-17/h7-8,11H,3-6,9-10H2,1-2H3,(H,16,18). The van der Waals surface area contributed by atoms with Gasteiger partial charge in [0.15, 0.2) is 0 Å². The summed E-state index contributed by atoms with van der Waals surface area (Å²) < 4.78 is 32.3. The van der Waals surface area contributed by atoms with Gasteiger partial charge >= 0.3 is 0 Å². The number of amides is 1. The first-order valence-electron chi connectivity index (χ1n) is 7.49. The Labute approximate surface area is 131 Å². The normalized spacial score (nSPS) is 16.3. The Balaban J connectivity index is 2.35. The summed E-state index contributed by atoms with van der Waals surface area (Å²) in [6.45, 7) is 4.73. The monoisotopic (exact) mass is 326 g/mol. The van der Waals surface area contributed by atoms with Crippen molar-refractivity contribution in [3.8, 4) is 5.75 Å². The Kier molecular flexibility index (Phi) is 5.42. The number of carbonyl (C=O) groups is 1. The lowest BCUT2D eigenvalue weighted by molar-refractivity contribution is -0.114. The van der Waals surface area contributed by atoms with E-state index in [4.69, 9.17) is 4.74 Å². The highest BCUT2D eigenvalue weighted by atomic mass is 32.2. The van der Waals surface area contributed by atoms with Crippen molar-refractivity contribution in [2.45, 2.75) is 38.0 Å². The summed E-state index contributed by atoms with van der Waals surface area (Å²) in [4.78, 5) is 11.5. The van der Waals surface area contributed by atoms with Crippen molar-refractivity contribution in [2.24, 2.45) is 0 Å². The van der Waals surface area contributed by atoms with Crippen molar-refractivity contribution in [1.29, 1.82) is 0 Å². The molecule has 1 amide bonds. The first-order valence-corrected chi connectivity index (χ1v) is 8.93. The summed E-state index contributed by atoms with van der Waals surface area (Å²) in [6.07, 6.45) is 2.83. The van der Waals surface area contributed by atoms with E-state index in [2.05, 4.69) is 5.32 Å². The van der Waals surface area contributed by atoms with Gasteiger partial charge < -0.3 is 10.1 Å². The lowest BCUT2D eigenvalue weighted by Gasteiger charge is -2.26. The maximum Gasteiger partial charge on any atom is 0.243 e.